The zero-order valence-corrected chi connectivity index (χ0v) is 24.9. The van der Waals surface area contributed by atoms with Gasteiger partial charge in [-0.3, -0.25) is 0 Å². The summed E-state index contributed by atoms with van der Waals surface area (Å²) in [5, 5.41) is 3.53. The molecule has 1 aliphatic carbocycles. The lowest BCUT2D eigenvalue weighted by Gasteiger charge is -2.38. The molecule has 2 aromatic rings. The van der Waals surface area contributed by atoms with Crippen molar-refractivity contribution in [2.24, 2.45) is 0 Å². The van der Waals surface area contributed by atoms with Gasteiger partial charge < -0.3 is 19.7 Å². The Morgan fingerprint density at radius 1 is 0.947 bits per heavy atom. The number of unbranched alkanes of at least 4 members (excludes halogenated alkanes) is 3. The first kappa shape index (κ1) is 30.5. The van der Waals surface area contributed by atoms with Crippen LogP contribution in [-0.4, -0.2) is 66.0 Å². The quantitative estimate of drug-likeness (QED) is 0.276. The van der Waals surface area contributed by atoms with E-state index in [1.807, 2.05) is 12.1 Å². The van der Waals surface area contributed by atoms with Gasteiger partial charge in [0.25, 0.3) is 0 Å². The average Bonchev–Trinajstić information content (AvgIpc) is 2.90. The number of methoxy groups -OCH3 is 2. The Hall–Kier alpha value is -2.09. The summed E-state index contributed by atoms with van der Waals surface area (Å²) in [4.78, 5) is 3.11. The molecule has 0 bridgehead atoms. The summed E-state index contributed by atoms with van der Waals surface area (Å²) in [6.07, 6.45) is 10.5. The highest BCUT2D eigenvalue weighted by Crippen LogP contribution is 2.44. The van der Waals surface area contributed by atoms with Crippen LogP contribution in [0.15, 0.2) is 41.3 Å². The molecule has 3 rings (SSSR count). The van der Waals surface area contributed by atoms with Gasteiger partial charge in [0, 0.05) is 17.9 Å². The molecule has 212 valence electrons. The molecule has 6 nitrogen and oxygen atoms in total. The Kier molecular flexibility index (Phi) is 11.9. The minimum absolute atomic E-state index is 0.385. The molecular weight excluding hydrogens is 496 g/mol. The highest BCUT2D eigenvalue weighted by molar-refractivity contribution is 7.90. The smallest absolute Gasteiger partial charge is 0.175 e. The predicted molar refractivity (Wildman–Crippen MR) is 157 cm³/mol. The van der Waals surface area contributed by atoms with E-state index < -0.39 is 9.84 Å². The van der Waals surface area contributed by atoms with E-state index in [1.54, 1.807) is 26.4 Å². The van der Waals surface area contributed by atoms with E-state index in [0.29, 0.717) is 16.9 Å². The van der Waals surface area contributed by atoms with Crippen molar-refractivity contribution in [3.8, 4) is 11.5 Å². The number of nitrogens with zero attached hydrogens (tertiary/aromatic N) is 1. The number of ether oxygens (including phenoxy) is 2. The fourth-order valence-corrected chi connectivity index (χ4v) is 6.43. The SMILES string of the molecule is CCCN(CCCCCCNCCc1ccc(S(C)(=O)=O)cc1)C1Cc2ccc(OC)c(OC)c2C(C)C1. The fourth-order valence-electron chi connectivity index (χ4n) is 5.79. The molecule has 2 atom stereocenters. The van der Waals surface area contributed by atoms with E-state index in [9.17, 15) is 8.42 Å². The molecule has 7 heteroatoms. The van der Waals surface area contributed by atoms with Gasteiger partial charge in [-0.05, 0) is 99.9 Å². The zero-order chi connectivity index (χ0) is 27.5. The largest absolute Gasteiger partial charge is 0.493 e. The molecule has 0 amide bonds. The summed E-state index contributed by atoms with van der Waals surface area (Å²) in [6.45, 7) is 8.89. The highest BCUT2D eigenvalue weighted by Gasteiger charge is 2.31. The topological polar surface area (TPSA) is 67.9 Å². The lowest BCUT2D eigenvalue weighted by Crippen LogP contribution is -2.41. The van der Waals surface area contributed by atoms with E-state index in [-0.39, 0.29) is 0 Å². The number of hydrogen-bond acceptors (Lipinski definition) is 6. The molecule has 38 heavy (non-hydrogen) atoms. The van der Waals surface area contributed by atoms with Crippen LogP contribution in [0.2, 0.25) is 0 Å². The first-order valence-electron chi connectivity index (χ1n) is 14.3. The van der Waals surface area contributed by atoms with Crippen molar-refractivity contribution in [3.05, 3.63) is 53.1 Å². The summed E-state index contributed by atoms with van der Waals surface area (Å²) >= 11 is 0. The Morgan fingerprint density at radius 3 is 2.34 bits per heavy atom. The standard InChI is InChI=1S/C31H48N2O4S/c1-6-20-33(27-22-24(2)30-26(23-27)13-16-29(36-3)31(30)37-4)21-10-8-7-9-18-32-19-17-25-11-14-28(15-12-25)38(5,34)35/h11-16,24,27,32H,6-10,17-23H2,1-5H3. The van der Waals surface area contributed by atoms with Crippen molar-refractivity contribution in [1.29, 1.82) is 0 Å². The van der Waals surface area contributed by atoms with Gasteiger partial charge in [0.1, 0.15) is 0 Å². The van der Waals surface area contributed by atoms with E-state index in [1.165, 1.54) is 56.0 Å². The number of fused-ring (bicyclic) bond motifs is 1. The molecule has 0 saturated heterocycles. The summed E-state index contributed by atoms with van der Waals surface area (Å²) in [5.41, 5.74) is 3.90. The molecule has 0 saturated carbocycles. The Balaban J connectivity index is 1.36. The van der Waals surface area contributed by atoms with Crippen LogP contribution in [0, 0.1) is 0 Å². The van der Waals surface area contributed by atoms with Gasteiger partial charge in [-0.2, -0.15) is 0 Å². The Labute approximate surface area is 231 Å². The van der Waals surface area contributed by atoms with Crippen molar-refractivity contribution in [1.82, 2.24) is 10.2 Å². The minimum Gasteiger partial charge on any atom is -0.493 e. The summed E-state index contributed by atoms with van der Waals surface area (Å²) < 4.78 is 34.5. The Bertz CT molecular complexity index is 1100. The third-order valence-electron chi connectivity index (χ3n) is 7.77. The maximum Gasteiger partial charge on any atom is 0.175 e. The summed E-state index contributed by atoms with van der Waals surface area (Å²) in [5.74, 6) is 2.20. The second-order valence-corrected chi connectivity index (χ2v) is 12.8. The number of nitrogens with one attached hydrogen (secondary N) is 1. The van der Waals surface area contributed by atoms with E-state index in [4.69, 9.17) is 9.47 Å². The number of benzene rings is 2. The summed E-state index contributed by atoms with van der Waals surface area (Å²) in [6, 6.07) is 12.1. The van der Waals surface area contributed by atoms with Crippen LogP contribution in [-0.2, 0) is 22.7 Å². The zero-order valence-electron chi connectivity index (χ0n) is 24.1. The maximum absolute atomic E-state index is 11.6. The number of hydrogen-bond donors (Lipinski definition) is 1. The van der Waals surface area contributed by atoms with Gasteiger partial charge in [-0.25, -0.2) is 8.42 Å². The van der Waals surface area contributed by atoms with Gasteiger partial charge in [0.2, 0.25) is 0 Å². The molecule has 2 aromatic carbocycles. The predicted octanol–water partition coefficient (Wildman–Crippen LogP) is 5.63. The molecular formula is C31H48N2O4S. The molecule has 0 radical (unpaired) electrons. The van der Waals surface area contributed by atoms with Crippen molar-refractivity contribution in [2.75, 3.05) is 46.7 Å². The van der Waals surface area contributed by atoms with E-state index in [0.717, 1.165) is 56.0 Å². The lowest BCUT2D eigenvalue weighted by atomic mass is 9.79. The van der Waals surface area contributed by atoms with E-state index in [2.05, 4.69) is 36.2 Å². The van der Waals surface area contributed by atoms with Crippen LogP contribution < -0.4 is 14.8 Å². The number of sulfone groups is 1. The average molecular weight is 545 g/mol. The van der Waals surface area contributed by atoms with Crippen LogP contribution in [0.25, 0.3) is 0 Å². The van der Waals surface area contributed by atoms with Crippen molar-refractivity contribution in [2.45, 2.75) is 82.1 Å². The molecule has 0 heterocycles. The van der Waals surface area contributed by atoms with Gasteiger partial charge in [0.05, 0.1) is 19.1 Å². The second kappa shape index (κ2) is 14.9. The van der Waals surface area contributed by atoms with Crippen LogP contribution >= 0.6 is 0 Å². The summed E-state index contributed by atoms with van der Waals surface area (Å²) in [7, 11) is 0.337. The van der Waals surface area contributed by atoms with Crippen molar-refractivity contribution < 1.29 is 17.9 Å². The molecule has 1 aliphatic rings. The fraction of sp³-hybridized carbons (Fsp3) is 0.613. The molecule has 0 aliphatic heterocycles. The third-order valence-corrected chi connectivity index (χ3v) is 8.89. The Morgan fingerprint density at radius 2 is 1.68 bits per heavy atom. The monoisotopic (exact) mass is 544 g/mol. The van der Waals surface area contributed by atoms with Crippen LogP contribution in [0.1, 0.15) is 75.0 Å². The lowest BCUT2D eigenvalue weighted by molar-refractivity contribution is 0.167. The third kappa shape index (κ3) is 8.45. The molecule has 0 fully saturated rings. The van der Waals surface area contributed by atoms with Gasteiger partial charge in [-0.15, -0.1) is 0 Å². The van der Waals surface area contributed by atoms with Gasteiger partial charge in [-0.1, -0.05) is 44.9 Å². The van der Waals surface area contributed by atoms with Crippen molar-refractivity contribution >= 4 is 9.84 Å². The minimum atomic E-state index is -3.12. The first-order chi connectivity index (χ1) is 18.3. The van der Waals surface area contributed by atoms with Gasteiger partial charge >= 0.3 is 0 Å². The van der Waals surface area contributed by atoms with Crippen LogP contribution in [0.5, 0.6) is 11.5 Å². The van der Waals surface area contributed by atoms with Crippen LogP contribution in [0.3, 0.4) is 0 Å². The molecule has 1 N–H and O–H groups in total. The molecule has 0 spiro atoms. The van der Waals surface area contributed by atoms with Crippen LogP contribution in [0.4, 0.5) is 0 Å². The van der Waals surface area contributed by atoms with Gasteiger partial charge in [0.15, 0.2) is 21.3 Å². The normalized spacial score (nSPS) is 17.4. The maximum atomic E-state index is 11.6. The second-order valence-electron chi connectivity index (χ2n) is 10.7. The molecule has 2 unspecified atom stereocenters. The first-order valence-corrected chi connectivity index (χ1v) is 16.1. The molecule has 0 aromatic heterocycles. The van der Waals surface area contributed by atoms with E-state index >= 15 is 0 Å². The highest BCUT2D eigenvalue weighted by atomic mass is 32.2. The van der Waals surface area contributed by atoms with Crippen molar-refractivity contribution in [3.63, 3.8) is 0 Å². The number of rotatable bonds is 16.